The molecule has 0 bridgehead atoms. The normalized spacial score (nSPS) is 11.9. The van der Waals surface area contributed by atoms with Gasteiger partial charge in [0, 0.05) is 12.4 Å². The Morgan fingerprint density at radius 3 is 2.35 bits per heavy atom. The number of aromatic nitrogens is 1. The van der Waals surface area contributed by atoms with Gasteiger partial charge < -0.3 is 9.47 Å². The monoisotopic (exact) mass is 273 g/mol. The van der Waals surface area contributed by atoms with Gasteiger partial charge in [0.05, 0.1) is 25.8 Å². The van der Waals surface area contributed by atoms with Crippen molar-refractivity contribution >= 4 is 0 Å². The van der Waals surface area contributed by atoms with E-state index in [-0.39, 0.29) is 6.04 Å². The summed E-state index contributed by atoms with van der Waals surface area (Å²) in [7, 11) is 3.27. The van der Waals surface area contributed by atoms with Crippen LogP contribution in [0.5, 0.6) is 11.5 Å². The molecule has 3 N–H and O–H groups in total. The van der Waals surface area contributed by atoms with E-state index in [0.29, 0.717) is 6.42 Å². The quantitative estimate of drug-likeness (QED) is 0.621. The van der Waals surface area contributed by atoms with Crippen molar-refractivity contribution in [1.82, 2.24) is 10.4 Å². The number of ether oxygens (including phenoxy) is 2. The van der Waals surface area contributed by atoms with Crippen molar-refractivity contribution in [2.45, 2.75) is 12.5 Å². The van der Waals surface area contributed by atoms with Crippen LogP contribution >= 0.6 is 0 Å². The second-order valence-corrected chi connectivity index (χ2v) is 4.36. The van der Waals surface area contributed by atoms with Crippen LogP contribution in [-0.2, 0) is 6.42 Å². The summed E-state index contributed by atoms with van der Waals surface area (Å²) in [6.45, 7) is 0. The van der Waals surface area contributed by atoms with Crippen molar-refractivity contribution < 1.29 is 9.47 Å². The Morgan fingerprint density at radius 1 is 1.15 bits per heavy atom. The summed E-state index contributed by atoms with van der Waals surface area (Å²) in [5.41, 5.74) is 4.82. The minimum atomic E-state index is -0.120. The maximum Gasteiger partial charge on any atom is 0.127 e. The summed E-state index contributed by atoms with van der Waals surface area (Å²) >= 11 is 0. The van der Waals surface area contributed by atoms with Gasteiger partial charge in [0.15, 0.2) is 0 Å². The van der Waals surface area contributed by atoms with Crippen LogP contribution in [0, 0.1) is 0 Å². The molecule has 5 nitrogen and oxygen atoms in total. The topological polar surface area (TPSA) is 69.4 Å². The van der Waals surface area contributed by atoms with Gasteiger partial charge in [0.25, 0.3) is 0 Å². The molecule has 0 aliphatic rings. The lowest BCUT2D eigenvalue weighted by Crippen LogP contribution is -2.30. The number of methoxy groups -OCH3 is 2. The lowest BCUT2D eigenvalue weighted by Gasteiger charge is -2.21. The van der Waals surface area contributed by atoms with Crippen molar-refractivity contribution in [3.8, 4) is 11.5 Å². The molecule has 0 radical (unpaired) electrons. The van der Waals surface area contributed by atoms with Gasteiger partial charge in [-0.1, -0.05) is 12.1 Å². The van der Waals surface area contributed by atoms with Crippen LogP contribution in [0.2, 0.25) is 0 Å². The summed E-state index contributed by atoms with van der Waals surface area (Å²) in [4.78, 5) is 4.12. The number of hydrazine groups is 1. The minimum absolute atomic E-state index is 0.120. The Balaban J connectivity index is 2.36. The van der Waals surface area contributed by atoms with Crippen molar-refractivity contribution in [1.29, 1.82) is 0 Å². The first-order valence-corrected chi connectivity index (χ1v) is 6.36. The second-order valence-electron chi connectivity index (χ2n) is 4.36. The molecule has 2 rings (SSSR count). The predicted octanol–water partition coefficient (Wildman–Crippen LogP) is 1.85. The molecule has 0 aliphatic heterocycles. The predicted molar refractivity (Wildman–Crippen MR) is 77.6 cm³/mol. The number of pyridine rings is 1. The highest BCUT2D eigenvalue weighted by Gasteiger charge is 2.20. The van der Waals surface area contributed by atoms with E-state index in [2.05, 4.69) is 10.4 Å². The second kappa shape index (κ2) is 6.88. The fraction of sp³-hybridized carbons (Fsp3) is 0.267. The zero-order chi connectivity index (χ0) is 14.4. The molecule has 1 aromatic heterocycles. The summed E-state index contributed by atoms with van der Waals surface area (Å²) in [6, 6.07) is 9.47. The Kier molecular flexibility index (Phi) is 4.92. The lowest BCUT2D eigenvalue weighted by atomic mass is 9.98. The van der Waals surface area contributed by atoms with Gasteiger partial charge in [-0.2, -0.15) is 0 Å². The molecular formula is C15H19N3O2. The maximum absolute atomic E-state index is 5.72. The first-order valence-electron chi connectivity index (χ1n) is 6.36. The number of hydrogen-bond acceptors (Lipinski definition) is 5. The number of benzene rings is 1. The van der Waals surface area contributed by atoms with Crippen LogP contribution in [0.25, 0.3) is 0 Å². The highest BCUT2D eigenvalue weighted by molar-refractivity contribution is 5.47. The van der Waals surface area contributed by atoms with Crippen molar-refractivity contribution in [2.75, 3.05) is 14.2 Å². The molecule has 1 unspecified atom stereocenters. The van der Waals surface area contributed by atoms with E-state index in [1.54, 1.807) is 20.4 Å². The molecule has 1 heterocycles. The molecule has 0 fully saturated rings. The Labute approximate surface area is 118 Å². The molecule has 5 heteroatoms. The van der Waals surface area contributed by atoms with E-state index in [4.69, 9.17) is 15.3 Å². The molecule has 1 atom stereocenters. The molecule has 0 saturated heterocycles. The maximum atomic E-state index is 5.72. The van der Waals surface area contributed by atoms with Gasteiger partial charge in [-0.15, -0.1) is 0 Å². The first kappa shape index (κ1) is 14.3. The average Bonchev–Trinajstić information content (AvgIpc) is 2.52. The summed E-state index contributed by atoms with van der Waals surface area (Å²) in [5, 5.41) is 0. The highest BCUT2D eigenvalue weighted by Crippen LogP contribution is 2.35. The molecular weight excluding hydrogens is 254 g/mol. The van der Waals surface area contributed by atoms with Gasteiger partial charge >= 0.3 is 0 Å². The standard InChI is InChI=1S/C15H19N3O2/c1-19-13-6-3-7-14(20-2)15(13)12(18-16)9-11-5-4-8-17-10-11/h3-8,10,12,18H,9,16H2,1-2H3. The third-order valence-corrected chi connectivity index (χ3v) is 3.18. The van der Waals surface area contributed by atoms with Crippen LogP contribution in [0.3, 0.4) is 0 Å². The van der Waals surface area contributed by atoms with Gasteiger partial charge in [-0.05, 0) is 30.2 Å². The zero-order valence-corrected chi connectivity index (χ0v) is 11.7. The molecule has 20 heavy (non-hydrogen) atoms. The van der Waals surface area contributed by atoms with Crippen LogP contribution in [0.1, 0.15) is 17.2 Å². The van der Waals surface area contributed by atoms with Gasteiger partial charge in [0.1, 0.15) is 11.5 Å². The van der Waals surface area contributed by atoms with Crippen LogP contribution in [-0.4, -0.2) is 19.2 Å². The van der Waals surface area contributed by atoms with E-state index in [1.165, 1.54) is 0 Å². The van der Waals surface area contributed by atoms with E-state index in [0.717, 1.165) is 22.6 Å². The number of rotatable bonds is 6. The van der Waals surface area contributed by atoms with Crippen LogP contribution in [0.15, 0.2) is 42.7 Å². The van der Waals surface area contributed by atoms with Gasteiger partial charge in [-0.25, -0.2) is 0 Å². The summed E-state index contributed by atoms with van der Waals surface area (Å²) < 4.78 is 10.8. The van der Waals surface area contributed by atoms with E-state index in [9.17, 15) is 0 Å². The van der Waals surface area contributed by atoms with Crippen LogP contribution in [0.4, 0.5) is 0 Å². The largest absolute Gasteiger partial charge is 0.496 e. The average molecular weight is 273 g/mol. The molecule has 0 amide bonds. The third-order valence-electron chi connectivity index (χ3n) is 3.18. The van der Waals surface area contributed by atoms with Gasteiger partial charge in [0.2, 0.25) is 0 Å². The van der Waals surface area contributed by atoms with Crippen molar-refractivity contribution in [3.63, 3.8) is 0 Å². The summed E-state index contributed by atoms with van der Waals surface area (Å²) in [5.74, 6) is 7.21. The molecule has 0 spiro atoms. The molecule has 1 aromatic carbocycles. The lowest BCUT2D eigenvalue weighted by molar-refractivity contribution is 0.370. The van der Waals surface area contributed by atoms with Crippen molar-refractivity contribution in [3.05, 3.63) is 53.9 Å². The zero-order valence-electron chi connectivity index (χ0n) is 11.7. The number of hydrogen-bond donors (Lipinski definition) is 2. The fourth-order valence-corrected chi connectivity index (χ4v) is 2.22. The van der Waals surface area contributed by atoms with Crippen LogP contribution < -0.4 is 20.7 Å². The number of nitrogens with two attached hydrogens (primary N) is 1. The summed E-state index contributed by atoms with van der Waals surface area (Å²) in [6.07, 6.45) is 4.27. The van der Waals surface area contributed by atoms with E-state index in [1.807, 2.05) is 36.5 Å². The fourth-order valence-electron chi connectivity index (χ4n) is 2.22. The Morgan fingerprint density at radius 2 is 1.85 bits per heavy atom. The van der Waals surface area contributed by atoms with E-state index < -0.39 is 0 Å². The highest BCUT2D eigenvalue weighted by atomic mass is 16.5. The number of nitrogens with zero attached hydrogens (tertiary/aromatic N) is 1. The SMILES string of the molecule is COc1cccc(OC)c1C(Cc1cccnc1)NN. The van der Waals surface area contributed by atoms with Crippen molar-refractivity contribution in [2.24, 2.45) is 5.84 Å². The number of nitrogens with one attached hydrogen (secondary N) is 1. The first-order chi connectivity index (χ1) is 9.80. The Hall–Kier alpha value is -2.11. The molecule has 106 valence electrons. The van der Waals surface area contributed by atoms with E-state index >= 15 is 0 Å². The Bertz CT molecular complexity index is 524. The third kappa shape index (κ3) is 3.07. The smallest absolute Gasteiger partial charge is 0.127 e. The minimum Gasteiger partial charge on any atom is -0.496 e. The molecule has 2 aromatic rings. The molecule has 0 saturated carbocycles. The molecule has 0 aliphatic carbocycles. The van der Waals surface area contributed by atoms with Gasteiger partial charge in [-0.3, -0.25) is 16.3 Å².